The third-order valence-corrected chi connectivity index (χ3v) is 9.72. The first kappa shape index (κ1) is 34.0. The third kappa shape index (κ3) is 5.86. The van der Waals surface area contributed by atoms with Gasteiger partial charge in [0.2, 0.25) is 5.88 Å². The van der Waals surface area contributed by atoms with Crippen LogP contribution in [0.3, 0.4) is 0 Å². The predicted octanol–water partition coefficient (Wildman–Crippen LogP) is 6.19. The number of likely N-dealkylation sites (N-methyl/N-ethyl adjacent to an activating group) is 1. The Balaban J connectivity index is 1.55. The normalized spacial score (nSPS) is 22.1. The number of nitrogens with zero attached hydrogens (tertiary/aromatic N) is 6. The molecule has 0 radical (unpaired) electrons. The van der Waals surface area contributed by atoms with Crippen molar-refractivity contribution in [2.75, 3.05) is 63.6 Å². The Bertz CT molecular complexity index is 1780. The molecule has 0 bridgehead atoms. The lowest BCUT2D eigenvalue weighted by Crippen LogP contribution is -2.50. The zero-order chi connectivity index (χ0) is 34.7. The van der Waals surface area contributed by atoms with Crippen LogP contribution in [-0.4, -0.2) is 89.3 Å². The zero-order valence-corrected chi connectivity index (χ0v) is 26.9. The van der Waals surface area contributed by atoms with Crippen LogP contribution in [0.2, 0.25) is 0 Å². The molecule has 9 nitrogen and oxygen atoms in total. The number of halogens is 7. The summed E-state index contributed by atoms with van der Waals surface area (Å²) in [4.78, 5) is 19.2. The van der Waals surface area contributed by atoms with E-state index in [4.69, 9.17) is 15.2 Å². The average molecular weight is 684 g/mol. The van der Waals surface area contributed by atoms with Crippen molar-refractivity contribution in [2.45, 2.75) is 57.8 Å². The van der Waals surface area contributed by atoms with Gasteiger partial charge in [-0.05, 0) is 65.3 Å². The van der Waals surface area contributed by atoms with Crippen LogP contribution in [0.5, 0.6) is 11.9 Å². The van der Waals surface area contributed by atoms with Gasteiger partial charge in [-0.3, -0.25) is 4.90 Å². The number of fused-ring (bicyclic) bond motifs is 2. The fraction of sp³-hybridized carbons (Fsp3) is 0.531. The number of anilines is 2. The molecule has 3 fully saturated rings. The molecule has 0 saturated carbocycles. The van der Waals surface area contributed by atoms with Crippen molar-refractivity contribution in [1.82, 2.24) is 24.8 Å². The molecule has 2 N–H and O–H groups in total. The highest BCUT2D eigenvalue weighted by atomic mass is 19.4. The maximum atomic E-state index is 16.8. The van der Waals surface area contributed by atoms with Crippen LogP contribution in [0, 0.1) is 18.6 Å². The number of nitrogen functional groups attached to an aromatic ring is 1. The van der Waals surface area contributed by atoms with E-state index in [0.717, 1.165) is 13.3 Å². The SMILES string of the molecule is CCOc1nc(-c2cc(N)c(F)c(C)c2C(F)(F)F)c(F)c2nc(OCC34CCCN3CC(=C(F)F)C4)nc(N3CCN(C)C(C)C3)c12. The second-order valence-electron chi connectivity index (χ2n) is 12.7. The van der Waals surface area contributed by atoms with E-state index in [1.807, 2.05) is 23.8 Å². The Hall–Kier alpha value is -3.92. The Kier molecular flexibility index (Phi) is 8.85. The molecule has 0 amide bonds. The summed E-state index contributed by atoms with van der Waals surface area (Å²) in [6.45, 7) is 6.71. The van der Waals surface area contributed by atoms with Crippen molar-refractivity contribution in [3.05, 3.63) is 40.5 Å². The number of benzene rings is 1. The summed E-state index contributed by atoms with van der Waals surface area (Å²) < 4.78 is 114. The Morgan fingerprint density at radius 1 is 1.08 bits per heavy atom. The molecule has 2 unspecified atom stereocenters. The molecule has 3 aromatic rings. The lowest BCUT2D eigenvalue weighted by Gasteiger charge is -2.38. The van der Waals surface area contributed by atoms with E-state index in [1.54, 1.807) is 6.92 Å². The number of rotatable bonds is 7. The van der Waals surface area contributed by atoms with Gasteiger partial charge in [0.15, 0.2) is 5.82 Å². The number of aromatic nitrogens is 3. The smallest absolute Gasteiger partial charge is 0.417 e. The van der Waals surface area contributed by atoms with E-state index in [1.165, 1.54) is 0 Å². The molecule has 5 heterocycles. The maximum Gasteiger partial charge on any atom is 0.417 e. The highest BCUT2D eigenvalue weighted by molar-refractivity contribution is 5.97. The van der Waals surface area contributed by atoms with Crippen LogP contribution < -0.4 is 20.1 Å². The second-order valence-corrected chi connectivity index (χ2v) is 12.7. The summed E-state index contributed by atoms with van der Waals surface area (Å²) in [7, 11) is 1.96. The standard InChI is InChI=1S/C32H36F7N7O2/c1-5-47-29-21-26(24(34)25(41-29)19-11-20(40)23(33)17(3)22(19)32(37,38)39)42-30(43-28(21)45-10-9-44(4)16(2)13-45)48-15-31-7-6-8-46(31)14-18(12-31)27(35)36/h11,16H,5-10,12-15,40H2,1-4H3. The van der Waals surface area contributed by atoms with E-state index in [-0.39, 0.29) is 60.9 Å². The van der Waals surface area contributed by atoms with Gasteiger partial charge in [-0.1, -0.05) is 0 Å². The Morgan fingerprint density at radius 2 is 1.83 bits per heavy atom. The molecule has 16 heteroatoms. The topological polar surface area (TPSA) is 92.9 Å². The maximum absolute atomic E-state index is 16.8. The monoisotopic (exact) mass is 683 g/mol. The Labute approximate surface area is 272 Å². The van der Waals surface area contributed by atoms with Crippen molar-refractivity contribution in [1.29, 1.82) is 0 Å². The van der Waals surface area contributed by atoms with Crippen molar-refractivity contribution >= 4 is 22.4 Å². The lowest BCUT2D eigenvalue weighted by atomic mass is 9.94. The molecule has 2 aromatic heterocycles. The summed E-state index contributed by atoms with van der Waals surface area (Å²) in [5.74, 6) is -2.55. The minimum Gasteiger partial charge on any atom is -0.477 e. The summed E-state index contributed by atoms with van der Waals surface area (Å²) in [5, 5.41) is 0.0220. The van der Waals surface area contributed by atoms with E-state index in [0.29, 0.717) is 38.7 Å². The van der Waals surface area contributed by atoms with Gasteiger partial charge < -0.3 is 25.0 Å². The minimum atomic E-state index is -5.09. The summed E-state index contributed by atoms with van der Waals surface area (Å²) in [6.07, 6.45) is -5.37. The first-order valence-corrected chi connectivity index (χ1v) is 15.7. The highest BCUT2D eigenvalue weighted by Crippen LogP contribution is 2.46. The molecule has 260 valence electrons. The fourth-order valence-electron chi connectivity index (χ4n) is 7.09. The molecule has 3 aliphatic rings. The van der Waals surface area contributed by atoms with Gasteiger partial charge in [-0.15, -0.1) is 0 Å². The van der Waals surface area contributed by atoms with Crippen LogP contribution in [0.25, 0.3) is 22.2 Å². The highest BCUT2D eigenvalue weighted by Gasteiger charge is 2.48. The Morgan fingerprint density at radius 3 is 2.50 bits per heavy atom. The van der Waals surface area contributed by atoms with Crippen LogP contribution in [0.4, 0.5) is 42.2 Å². The molecule has 48 heavy (non-hydrogen) atoms. The van der Waals surface area contributed by atoms with E-state index in [9.17, 15) is 26.3 Å². The van der Waals surface area contributed by atoms with Crippen LogP contribution >= 0.6 is 0 Å². The first-order chi connectivity index (χ1) is 22.6. The van der Waals surface area contributed by atoms with Gasteiger partial charge in [0.05, 0.1) is 23.4 Å². The largest absolute Gasteiger partial charge is 0.477 e. The van der Waals surface area contributed by atoms with Gasteiger partial charge in [0.1, 0.15) is 34.8 Å². The number of hydrogen-bond donors (Lipinski definition) is 1. The number of ether oxygens (including phenoxy) is 2. The second kappa shape index (κ2) is 12.5. The fourth-order valence-corrected chi connectivity index (χ4v) is 7.09. The summed E-state index contributed by atoms with van der Waals surface area (Å²) >= 11 is 0. The lowest BCUT2D eigenvalue weighted by molar-refractivity contribution is -0.137. The van der Waals surface area contributed by atoms with Gasteiger partial charge in [0.25, 0.3) is 6.08 Å². The number of piperazine rings is 1. The van der Waals surface area contributed by atoms with Crippen LogP contribution in [-0.2, 0) is 6.18 Å². The van der Waals surface area contributed by atoms with Crippen molar-refractivity contribution in [3.8, 4) is 23.1 Å². The van der Waals surface area contributed by atoms with Gasteiger partial charge in [-0.25, -0.2) is 13.8 Å². The number of alkyl halides is 3. The third-order valence-electron chi connectivity index (χ3n) is 9.72. The molecule has 6 rings (SSSR count). The van der Waals surface area contributed by atoms with Crippen LogP contribution in [0.15, 0.2) is 17.7 Å². The summed E-state index contributed by atoms with van der Waals surface area (Å²) in [6, 6.07) is 0.460. The number of nitrogens with two attached hydrogens (primary N) is 1. The molecule has 0 aliphatic carbocycles. The number of pyridine rings is 1. The molecular formula is C32H36F7N7O2. The molecule has 0 spiro atoms. The van der Waals surface area contributed by atoms with Gasteiger partial charge in [0, 0.05) is 43.4 Å². The zero-order valence-electron chi connectivity index (χ0n) is 26.9. The van der Waals surface area contributed by atoms with E-state index >= 15 is 4.39 Å². The predicted molar refractivity (Wildman–Crippen MR) is 165 cm³/mol. The minimum absolute atomic E-state index is 0.0139. The molecular weight excluding hydrogens is 647 g/mol. The molecule has 1 aromatic carbocycles. The first-order valence-electron chi connectivity index (χ1n) is 15.7. The van der Waals surface area contributed by atoms with Crippen LogP contribution in [0.1, 0.15) is 44.2 Å². The van der Waals surface area contributed by atoms with E-state index < -0.39 is 63.0 Å². The van der Waals surface area contributed by atoms with Crippen molar-refractivity contribution in [2.24, 2.45) is 0 Å². The molecule has 2 atom stereocenters. The molecule has 3 aliphatic heterocycles. The van der Waals surface area contributed by atoms with Crippen molar-refractivity contribution < 1.29 is 40.2 Å². The summed E-state index contributed by atoms with van der Waals surface area (Å²) in [5.41, 5.74) is 0.159. The van der Waals surface area contributed by atoms with Gasteiger partial charge >= 0.3 is 12.2 Å². The average Bonchev–Trinajstić information content (AvgIpc) is 3.58. The van der Waals surface area contributed by atoms with Crippen molar-refractivity contribution in [3.63, 3.8) is 0 Å². The van der Waals surface area contributed by atoms with E-state index in [2.05, 4.69) is 19.9 Å². The number of hydrogen-bond acceptors (Lipinski definition) is 9. The molecule has 3 saturated heterocycles. The quantitative estimate of drug-likeness (QED) is 0.231. The van der Waals surface area contributed by atoms with Gasteiger partial charge in [-0.2, -0.15) is 31.9 Å².